The molecule has 1 fully saturated rings. The van der Waals surface area contributed by atoms with Crippen LogP contribution in [-0.2, 0) is 4.79 Å². The van der Waals surface area contributed by atoms with Gasteiger partial charge in [0.15, 0.2) is 18.1 Å². The quantitative estimate of drug-likeness (QED) is 0.695. The topological polar surface area (TPSA) is 67.9 Å². The molecule has 1 heterocycles. The summed E-state index contributed by atoms with van der Waals surface area (Å²) in [5.41, 5.74) is 1.94. The van der Waals surface area contributed by atoms with Crippen LogP contribution >= 0.6 is 0 Å². The Balaban J connectivity index is 1.44. The zero-order valence-corrected chi connectivity index (χ0v) is 18.6. The van der Waals surface area contributed by atoms with Gasteiger partial charge in [-0.3, -0.25) is 9.59 Å². The molecule has 1 N–H and O–H groups in total. The van der Waals surface area contributed by atoms with E-state index in [1.807, 2.05) is 54.3 Å². The summed E-state index contributed by atoms with van der Waals surface area (Å²) in [6.45, 7) is 7.91. The molecule has 6 heteroatoms. The van der Waals surface area contributed by atoms with Crippen molar-refractivity contribution in [3.05, 3.63) is 59.7 Å². The van der Waals surface area contributed by atoms with Crippen molar-refractivity contribution >= 4 is 11.8 Å². The molecule has 1 saturated heterocycles. The number of amides is 2. The fourth-order valence-electron chi connectivity index (χ4n) is 3.68. The summed E-state index contributed by atoms with van der Waals surface area (Å²) in [5.74, 6) is 1.52. The maximum Gasteiger partial charge on any atom is 0.258 e. The van der Waals surface area contributed by atoms with Crippen molar-refractivity contribution in [2.75, 3.05) is 26.3 Å². The first-order valence-corrected chi connectivity index (χ1v) is 11.0. The number of likely N-dealkylation sites (tertiary alicyclic amines) is 1. The lowest BCUT2D eigenvalue weighted by molar-refractivity contribution is -0.124. The van der Waals surface area contributed by atoms with Gasteiger partial charge in [-0.1, -0.05) is 38.1 Å². The predicted octanol–water partition coefficient (Wildman–Crippen LogP) is 4.01. The molecule has 2 aromatic carbocycles. The molecule has 1 aliphatic heterocycles. The van der Waals surface area contributed by atoms with Gasteiger partial charge in [-0.15, -0.1) is 0 Å². The molecule has 166 valence electrons. The third-order valence-corrected chi connectivity index (χ3v) is 5.48. The van der Waals surface area contributed by atoms with E-state index in [9.17, 15) is 9.59 Å². The Morgan fingerprint density at radius 2 is 1.61 bits per heavy atom. The Hall–Kier alpha value is -3.02. The van der Waals surface area contributed by atoms with Crippen molar-refractivity contribution in [2.45, 2.75) is 45.6 Å². The molecular weight excluding hydrogens is 392 g/mol. The Bertz CT molecular complexity index is 871. The number of nitrogens with one attached hydrogen (secondary N) is 1. The molecule has 0 bridgehead atoms. The third-order valence-electron chi connectivity index (χ3n) is 5.48. The Morgan fingerprint density at radius 1 is 1.00 bits per heavy atom. The number of nitrogens with zero attached hydrogens (tertiary/aromatic N) is 1. The zero-order valence-electron chi connectivity index (χ0n) is 18.6. The van der Waals surface area contributed by atoms with Gasteiger partial charge in [-0.2, -0.15) is 0 Å². The summed E-state index contributed by atoms with van der Waals surface area (Å²) in [4.78, 5) is 26.9. The average molecular weight is 425 g/mol. The van der Waals surface area contributed by atoms with Crippen LogP contribution in [0.25, 0.3) is 0 Å². The molecule has 0 atom stereocenters. The van der Waals surface area contributed by atoms with Crippen LogP contribution in [0.5, 0.6) is 11.5 Å². The van der Waals surface area contributed by atoms with Crippen LogP contribution in [0.4, 0.5) is 0 Å². The molecule has 0 unspecified atom stereocenters. The lowest BCUT2D eigenvalue weighted by Gasteiger charge is -2.32. The van der Waals surface area contributed by atoms with Crippen LogP contribution in [0.3, 0.4) is 0 Å². The SMILES string of the molecule is CCOc1ccccc1OCC(=O)NC1CCN(C(=O)c2ccc(C(C)C)cc2)CC1. The minimum Gasteiger partial charge on any atom is -0.490 e. The molecule has 0 saturated carbocycles. The largest absolute Gasteiger partial charge is 0.490 e. The van der Waals surface area contributed by atoms with Gasteiger partial charge in [0.25, 0.3) is 11.8 Å². The highest BCUT2D eigenvalue weighted by molar-refractivity contribution is 5.94. The van der Waals surface area contributed by atoms with Crippen molar-refractivity contribution in [1.82, 2.24) is 10.2 Å². The van der Waals surface area contributed by atoms with E-state index in [0.29, 0.717) is 42.7 Å². The van der Waals surface area contributed by atoms with Crippen LogP contribution in [0, 0.1) is 0 Å². The summed E-state index contributed by atoms with van der Waals surface area (Å²) >= 11 is 0. The first kappa shape index (κ1) is 22.7. The van der Waals surface area contributed by atoms with E-state index in [0.717, 1.165) is 12.8 Å². The minimum atomic E-state index is -0.166. The van der Waals surface area contributed by atoms with E-state index in [2.05, 4.69) is 19.2 Å². The maximum atomic E-state index is 12.8. The van der Waals surface area contributed by atoms with Gasteiger partial charge in [0.2, 0.25) is 0 Å². The number of hydrogen-bond acceptors (Lipinski definition) is 4. The molecule has 0 spiro atoms. The van der Waals surface area contributed by atoms with Crippen LogP contribution in [0.15, 0.2) is 48.5 Å². The first-order chi connectivity index (χ1) is 15.0. The third kappa shape index (κ3) is 6.23. The summed E-state index contributed by atoms with van der Waals surface area (Å²) in [6.07, 6.45) is 1.47. The molecule has 3 rings (SSSR count). The minimum absolute atomic E-state index is 0.0469. The van der Waals surface area contributed by atoms with Crippen LogP contribution in [-0.4, -0.2) is 49.1 Å². The fourth-order valence-corrected chi connectivity index (χ4v) is 3.68. The first-order valence-electron chi connectivity index (χ1n) is 11.0. The van der Waals surface area contributed by atoms with E-state index in [1.165, 1.54) is 5.56 Å². The van der Waals surface area contributed by atoms with E-state index in [1.54, 1.807) is 6.07 Å². The second-order valence-electron chi connectivity index (χ2n) is 8.08. The van der Waals surface area contributed by atoms with Gasteiger partial charge in [0, 0.05) is 24.7 Å². The predicted molar refractivity (Wildman–Crippen MR) is 121 cm³/mol. The highest BCUT2D eigenvalue weighted by Gasteiger charge is 2.24. The van der Waals surface area contributed by atoms with Gasteiger partial charge in [-0.05, 0) is 55.5 Å². The van der Waals surface area contributed by atoms with Gasteiger partial charge in [-0.25, -0.2) is 0 Å². The van der Waals surface area contributed by atoms with E-state index < -0.39 is 0 Å². The average Bonchev–Trinajstić information content (AvgIpc) is 2.79. The molecule has 2 amide bonds. The summed E-state index contributed by atoms with van der Waals surface area (Å²) in [5, 5.41) is 3.02. The molecular formula is C25H32N2O4. The van der Waals surface area contributed by atoms with Gasteiger partial charge >= 0.3 is 0 Å². The monoisotopic (exact) mass is 424 g/mol. The highest BCUT2D eigenvalue weighted by atomic mass is 16.5. The van der Waals surface area contributed by atoms with Crippen LogP contribution in [0.1, 0.15) is 55.5 Å². The Labute approximate surface area is 184 Å². The number of piperidine rings is 1. The van der Waals surface area contributed by atoms with Gasteiger partial charge in [0.1, 0.15) is 0 Å². The summed E-state index contributed by atoms with van der Waals surface area (Å²) in [7, 11) is 0. The second kappa shape index (κ2) is 10.8. The van der Waals surface area contributed by atoms with Crippen molar-refractivity contribution in [1.29, 1.82) is 0 Å². The highest BCUT2D eigenvalue weighted by Crippen LogP contribution is 2.26. The molecule has 0 aliphatic carbocycles. The molecule has 0 radical (unpaired) electrons. The van der Waals surface area contributed by atoms with Crippen molar-refractivity contribution in [2.24, 2.45) is 0 Å². The van der Waals surface area contributed by atoms with E-state index in [-0.39, 0.29) is 24.5 Å². The van der Waals surface area contributed by atoms with Crippen LogP contribution in [0.2, 0.25) is 0 Å². The number of para-hydroxylation sites is 2. The second-order valence-corrected chi connectivity index (χ2v) is 8.08. The fraction of sp³-hybridized carbons (Fsp3) is 0.440. The number of benzene rings is 2. The number of ether oxygens (including phenoxy) is 2. The summed E-state index contributed by atoms with van der Waals surface area (Å²) < 4.78 is 11.1. The molecule has 31 heavy (non-hydrogen) atoms. The van der Waals surface area contributed by atoms with Crippen molar-refractivity contribution in [3.8, 4) is 11.5 Å². The van der Waals surface area contributed by atoms with Crippen LogP contribution < -0.4 is 14.8 Å². The number of carbonyl (C=O) groups is 2. The van der Waals surface area contributed by atoms with E-state index in [4.69, 9.17) is 9.47 Å². The maximum absolute atomic E-state index is 12.8. The zero-order chi connectivity index (χ0) is 22.2. The van der Waals surface area contributed by atoms with Gasteiger partial charge < -0.3 is 19.7 Å². The molecule has 6 nitrogen and oxygen atoms in total. The molecule has 0 aromatic heterocycles. The number of rotatable bonds is 8. The Kier molecular flexibility index (Phi) is 7.93. The standard InChI is InChI=1S/C25H32N2O4/c1-4-30-22-7-5-6-8-23(22)31-17-24(28)26-21-13-15-27(16-14-21)25(29)20-11-9-19(10-12-20)18(2)3/h5-12,18,21H,4,13-17H2,1-3H3,(H,26,28). The lowest BCUT2D eigenvalue weighted by Crippen LogP contribution is -2.47. The number of carbonyl (C=O) groups excluding carboxylic acids is 2. The number of hydrogen-bond donors (Lipinski definition) is 1. The summed E-state index contributed by atoms with van der Waals surface area (Å²) in [6, 6.07) is 15.2. The Morgan fingerprint density at radius 3 is 2.19 bits per heavy atom. The van der Waals surface area contributed by atoms with Gasteiger partial charge in [0.05, 0.1) is 6.61 Å². The lowest BCUT2D eigenvalue weighted by atomic mass is 10.0. The molecule has 1 aliphatic rings. The van der Waals surface area contributed by atoms with Crippen molar-refractivity contribution < 1.29 is 19.1 Å². The normalized spacial score (nSPS) is 14.4. The van der Waals surface area contributed by atoms with Crippen molar-refractivity contribution in [3.63, 3.8) is 0 Å². The van der Waals surface area contributed by atoms with E-state index >= 15 is 0 Å². The smallest absolute Gasteiger partial charge is 0.258 e. The molecule has 2 aromatic rings.